The van der Waals surface area contributed by atoms with Crippen molar-refractivity contribution in [1.82, 2.24) is 10.2 Å². The van der Waals surface area contributed by atoms with Gasteiger partial charge in [0.25, 0.3) is 0 Å². The highest BCUT2D eigenvalue weighted by atomic mass is 32.2. The molecule has 1 spiro atoms. The Hall–Kier alpha value is 0.270. The van der Waals surface area contributed by atoms with Gasteiger partial charge in [0.2, 0.25) is 0 Å². The van der Waals surface area contributed by atoms with Crippen molar-refractivity contribution in [2.75, 3.05) is 31.6 Å². The minimum Gasteiger partial charge on any atom is -0.311 e. The van der Waals surface area contributed by atoms with E-state index < -0.39 is 0 Å². The maximum absolute atomic E-state index is 3.87. The van der Waals surface area contributed by atoms with Crippen LogP contribution in [-0.2, 0) is 0 Å². The summed E-state index contributed by atoms with van der Waals surface area (Å²) in [5.74, 6) is 2.09. The lowest BCUT2D eigenvalue weighted by Crippen LogP contribution is -2.65. The van der Waals surface area contributed by atoms with E-state index in [1.165, 1.54) is 63.9 Å². The van der Waals surface area contributed by atoms with E-state index in [9.17, 15) is 0 Å². The lowest BCUT2D eigenvalue weighted by atomic mass is 9.78. The molecule has 112 valence electrons. The van der Waals surface area contributed by atoms with Crippen LogP contribution < -0.4 is 5.32 Å². The molecule has 1 atom stereocenters. The minimum atomic E-state index is 0.501. The van der Waals surface area contributed by atoms with E-state index in [0.29, 0.717) is 5.54 Å². The summed E-state index contributed by atoms with van der Waals surface area (Å²) in [6, 6.07) is 0.717. The Bertz CT molecular complexity index is 261. The third-order valence-corrected chi connectivity index (χ3v) is 5.53. The van der Waals surface area contributed by atoms with E-state index >= 15 is 0 Å². The van der Waals surface area contributed by atoms with Crippen molar-refractivity contribution in [2.24, 2.45) is 5.92 Å². The largest absolute Gasteiger partial charge is 0.311 e. The zero-order valence-electron chi connectivity index (χ0n) is 13.1. The van der Waals surface area contributed by atoms with Gasteiger partial charge in [-0.2, -0.15) is 11.8 Å². The summed E-state index contributed by atoms with van der Waals surface area (Å²) in [5, 5.41) is 3.87. The molecular formula is C16H32N2S. The van der Waals surface area contributed by atoms with Gasteiger partial charge in [-0.3, -0.25) is 4.90 Å². The van der Waals surface area contributed by atoms with Gasteiger partial charge in [0.1, 0.15) is 0 Å². The van der Waals surface area contributed by atoms with Gasteiger partial charge in [-0.15, -0.1) is 0 Å². The molecule has 1 unspecified atom stereocenters. The maximum Gasteiger partial charge on any atom is 0.0335 e. The molecule has 0 aromatic carbocycles. The molecule has 0 bridgehead atoms. The average Bonchev–Trinajstić information content (AvgIpc) is 2.40. The lowest BCUT2D eigenvalue weighted by molar-refractivity contribution is 0.0117. The molecule has 1 aliphatic carbocycles. The van der Waals surface area contributed by atoms with E-state index in [1.54, 1.807) is 0 Å². The van der Waals surface area contributed by atoms with Crippen LogP contribution in [0.25, 0.3) is 0 Å². The van der Waals surface area contributed by atoms with Gasteiger partial charge in [0, 0.05) is 37.0 Å². The monoisotopic (exact) mass is 284 g/mol. The number of piperazine rings is 1. The molecule has 0 aromatic rings. The van der Waals surface area contributed by atoms with Crippen LogP contribution in [0, 0.1) is 5.92 Å². The number of hydrogen-bond donors (Lipinski definition) is 1. The van der Waals surface area contributed by atoms with Crippen molar-refractivity contribution >= 4 is 11.8 Å². The molecule has 2 fully saturated rings. The van der Waals surface area contributed by atoms with E-state index in [1.807, 2.05) is 11.8 Å². The number of nitrogens with zero attached hydrogens (tertiary/aromatic N) is 1. The molecule has 0 radical (unpaired) electrons. The van der Waals surface area contributed by atoms with E-state index in [-0.39, 0.29) is 0 Å². The minimum absolute atomic E-state index is 0.501. The van der Waals surface area contributed by atoms with Gasteiger partial charge in [-0.05, 0) is 31.4 Å². The smallest absolute Gasteiger partial charge is 0.0335 e. The highest BCUT2D eigenvalue weighted by molar-refractivity contribution is 7.98. The van der Waals surface area contributed by atoms with E-state index in [4.69, 9.17) is 0 Å². The summed E-state index contributed by atoms with van der Waals surface area (Å²) in [5.41, 5.74) is 0.501. The predicted octanol–water partition coefficient (Wildman–Crippen LogP) is 3.37. The van der Waals surface area contributed by atoms with Gasteiger partial charge in [-0.25, -0.2) is 0 Å². The molecule has 2 rings (SSSR count). The summed E-state index contributed by atoms with van der Waals surface area (Å²) in [6.45, 7) is 8.49. The molecule has 2 aliphatic rings. The summed E-state index contributed by atoms with van der Waals surface area (Å²) >= 11 is 2.00. The van der Waals surface area contributed by atoms with Crippen molar-refractivity contribution < 1.29 is 0 Å². The predicted molar refractivity (Wildman–Crippen MR) is 87.0 cm³/mol. The van der Waals surface area contributed by atoms with Crippen LogP contribution in [0.5, 0.6) is 0 Å². The van der Waals surface area contributed by atoms with Crippen molar-refractivity contribution in [2.45, 2.75) is 64.0 Å². The Morgan fingerprint density at radius 2 is 2.00 bits per heavy atom. The number of rotatable bonds is 5. The average molecular weight is 285 g/mol. The Morgan fingerprint density at radius 3 is 2.63 bits per heavy atom. The van der Waals surface area contributed by atoms with Crippen LogP contribution in [0.2, 0.25) is 0 Å². The summed E-state index contributed by atoms with van der Waals surface area (Å²) < 4.78 is 0. The second-order valence-electron chi connectivity index (χ2n) is 6.93. The highest BCUT2D eigenvalue weighted by Gasteiger charge is 2.41. The van der Waals surface area contributed by atoms with Gasteiger partial charge < -0.3 is 5.32 Å². The fraction of sp³-hybridized carbons (Fsp3) is 1.00. The van der Waals surface area contributed by atoms with Crippen molar-refractivity contribution in [3.63, 3.8) is 0 Å². The maximum atomic E-state index is 3.87. The molecule has 1 heterocycles. The zero-order chi connectivity index (χ0) is 13.7. The van der Waals surface area contributed by atoms with Crippen LogP contribution in [0.15, 0.2) is 0 Å². The second kappa shape index (κ2) is 7.33. The van der Waals surface area contributed by atoms with Gasteiger partial charge in [-0.1, -0.05) is 33.1 Å². The van der Waals surface area contributed by atoms with E-state index in [2.05, 4.69) is 30.3 Å². The molecule has 0 amide bonds. The third kappa shape index (κ3) is 4.12. The summed E-state index contributed by atoms with van der Waals surface area (Å²) in [7, 11) is 0. The fourth-order valence-corrected chi connectivity index (χ4v) is 4.33. The first-order valence-corrected chi connectivity index (χ1v) is 9.53. The third-order valence-electron chi connectivity index (χ3n) is 4.94. The molecule has 1 N–H and O–H groups in total. The second-order valence-corrected chi connectivity index (χ2v) is 7.92. The van der Waals surface area contributed by atoms with Crippen LogP contribution in [0.3, 0.4) is 0 Å². The van der Waals surface area contributed by atoms with E-state index in [0.717, 1.165) is 12.0 Å². The van der Waals surface area contributed by atoms with Gasteiger partial charge in [0.15, 0.2) is 0 Å². The summed E-state index contributed by atoms with van der Waals surface area (Å²) in [6.07, 6.45) is 10.7. The molecule has 19 heavy (non-hydrogen) atoms. The van der Waals surface area contributed by atoms with Crippen molar-refractivity contribution in [1.29, 1.82) is 0 Å². The molecule has 2 nitrogen and oxygen atoms in total. The molecular weight excluding hydrogens is 252 g/mol. The lowest BCUT2D eigenvalue weighted by Gasteiger charge is -2.52. The summed E-state index contributed by atoms with van der Waals surface area (Å²) in [4.78, 5) is 2.85. The molecule has 0 aromatic heterocycles. The zero-order valence-corrected chi connectivity index (χ0v) is 13.9. The van der Waals surface area contributed by atoms with Gasteiger partial charge in [0.05, 0.1) is 0 Å². The Morgan fingerprint density at radius 1 is 1.26 bits per heavy atom. The van der Waals surface area contributed by atoms with Gasteiger partial charge >= 0.3 is 0 Å². The van der Waals surface area contributed by atoms with Crippen LogP contribution in [-0.4, -0.2) is 48.1 Å². The molecule has 3 heteroatoms. The topological polar surface area (TPSA) is 15.3 Å². The quantitative estimate of drug-likeness (QED) is 0.833. The van der Waals surface area contributed by atoms with Crippen molar-refractivity contribution in [3.05, 3.63) is 0 Å². The standard InChI is InChI=1S/C16H32N2S/c1-14(2)11-15-12-18(9-10-19-3)16(13-17-15)7-5-4-6-8-16/h14-15,17H,4-13H2,1-3H3. The van der Waals surface area contributed by atoms with Crippen LogP contribution in [0.1, 0.15) is 52.4 Å². The Balaban J connectivity index is 1.98. The SMILES string of the molecule is CSCCN1CC(CC(C)C)NCC12CCCCC2. The molecule has 1 saturated carbocycles. The fourth-order valence-electron chi connectivity index (χ4n) is 3.93. The Kier molecular flexibility index (Phi) is 6.04. The molecule has 1 aliphatic heterocycles. The number of hydrogen-bond acceptors (Lipinski definition) is 3. The van der Waals surface area contributed by atoms with Crippen LogP contribution in [0.4, 0.5) is 0 Å². The highest BCUT2D eigenvalue weighted by Crippen LogP contribution is 2.36. The first kappa shape index (κ1) is 15.7. The number of nitrogens with one attached hydrogen (secondary N) is 1. The normalized spacial score (nSPS) is 28.1. The van der Waals surface area contributed by atoms with Crippen LogP contribution >= 0.6 is 11.8 Å². The van der Waals surface area contributed by atoms with Crippen molar-refractivity contribution in [3.8, 4) is 0 Å². The number of thioether (sulfide) groups is 1. The first-order valence-electron chi connectivity index (χ1n) is 8.14. The Labute approximate surface area is 124 Å². The molecule has 1 saturated heterocycles. The first-order chi connectivity index (χ1) is 9.16.